The third-order valence-electron chi connectivity index (χ3n) is 4.20. The van der Waals surface area contributed by atoms with Crippen LogP contribution >= 0.6 is 0 Å². The summed E-state index contributed by atoms with van der Waals surface area (Å²) in [6.07, 6.45) is 5.56. The molecule has 2 fully saturated rings. The fraction of sp³-hybridized carbons (Fsp3) is 1.00. The normalized spacial score (nSPS) is 25.7. The first-order valence-electron chi connectivity index (χ1n) is 7.92. The highest BCUT2D eigenvalue weighted by atomic mass is 15.2. The van der Waals surface area contributed by atoms with E-state index >= 15 is 0 Å². The second-order valence-electron chi connectivity index (χ2n) is 6.50. The van der Waals surface area contributed by atoms with Crippen LogP contribution in [-0.4, -0.2) is 61.7 Å². The van der Waals surface area contributed by atoms with Crippen LogP contribution in [0.15, 0.2) is 0 Å². The van der Waals surface area contributed by atoms with Crippen LogP contribution in [0.25, 0.3) is 0 Å². The SMILES string of the molecule is CC(C)CN(CCN1CCCC1)CC1CCCN1. The average molecular weight is 253 g/mol. The van der Waals surface area contributed by atoms with Crippen LogP contribution < -0.4 is 5.32 Å². The number of hydrogen-bond acceptors (Lipinski definition) is 3. The maximum Gasteiger partial charge on any atom is 0.0195 e. The number of nitrogens with one attached hydrogen (secondary N) is 1. The number of nitrogens with zero attached hydrogens (tertiary/aromatic N) is 2. The topological polar surface area (TPSA) is 18.5 Å². The van der Waals surface area contributed by atoms with Gasteiger partial charge in [-0.25, -0.2) is 0 Å². The Morgan fingerprint density at radius 2 is 2.00 bits per heavy atom. The zero-order valence-corrected chi connectivity index (χ0v) is 12.3. The molecular weight excluding hydrogens is 222 g/mol. The lowest BCUT2D eigenvalue weighted by Gasteiger charge is -2.29. The summed E-state index contributed by atoms with van der Waals surface area (Å²) in [5.74, 6) is 0.782. The second-order valence-corrected chi connectivity index (χ2v) is 6.50. The summed E-state index contributed by atoms with van der Waals surface area (Å²) in [5, 5.41) is 3.63. The molecule has 0 saturated carbocycles. The van der Waals surface area contributed by atoms with Gasteiger partial charge in [-0.2, -0.15) is 0 Å². The molecule has 1 N–H and O–H groups in total. The van der Waals surface area contributed by atoms with Crippen LogP contribution in [0.3, 0.4) is 0 Å². The standard InChI is InChI=1S/C15H31N3/c1-14(2)12-18(13-15-6-5-7-16-15)11-10-17-8-3-4-9-17/h14-16H,3-13H2,1-2H3. The summed E-state index contributed by atoms with van der Waals surface area (Å²) in [6, 6.07) is 0.752. The molecule has 18 heavy (non-hydrogen) atoms. The molecule has 0 aromatic heterocycles. The Balaban J connectivity index is 1.72. The van der Waals surface area contributed by atoms with E-state index in [1.54, 1.807) is 0 Å². The lowest BCUT2D eigenvalue weighted by molar-refractivity contribution is 0.193. The smallest absolute Gasteiger partial charge is 0.0195 e. The molecule has 1 atom stereocenters. The van der Waals surface area contributed by atoms with Crippen molar-refractivity contribution in [3.63, 3.8) is 0 Å². The van der Waals surface area contributed by atoms with E-state index in [-0.39, 0.29) is 0 Å². The predicted molar refractivity (Wildman–Crippen MR) is 78.0 cm³/mol. The second kappa shape index (κ2) is 7.46. The van der Waals surface area contributed by atoms with Gasteiger partial charge in [0.05, 0.1) is 0 Å². The first-order chi connectivity index (χ1) is 8.74. The minimum absolute atomic E-state index is 0.752. The van der Waals surface area contributed by atoms with Crippen molar-refractivity contribution in [3.05, 3.63) is 0 Å². The zero-order chi connectivity index (χ0) is 12.8. The molecule has 3 nitrogen and oxygen atoms in total. The lowest BCUT2D eigenvalue weighted by atomic mass is 10.1. The third kappa shape index (κ3) is 4.87. The highest BCUT2D eigenvalue weighted by Crippen LogP contribution is 2.10. The molecule has 0 aliphatic carbocycles. The van der Waals surface area contributed by atoms with Crippen molar-refractivity contribution in [2.24, 2.45) is 5.92 Å². The van der Waals surface area contributed by atoms with E-state index in [0.29, 0.717) is 0 Å². The fourth-order valence-electron chi connectivity index (χ4n) is 3.29. The Morgan fingerprint density at radius 1 is 1.22 bits per heavy atom. The third-order valence-corrected chi connectivity index (χ3v) is 4.20. The summed E-state index contributed by atoms with van der Waals surface area (Å²) in [7, 11) is 0. The van der Waals surface area contributed by atoms with Crippen LogP contribution in [0.5, 0.6) is 0 Å². The highest BCUT2D eigenvalue weighted by molar-refractivity contribution is 4.79. The van der Waals surface area contributed by atoms with Crippen molar-refractivity contribution in [2.45, 2.75) is 45.6 Å². The molecule has 2 aliphatic rings. The molecule has 0 amide bonds. The van der Waals surface area contributed by atoms with Gasteiger partial charge < -0.3 is 15.1 Å². The van der Waals surface area contributed by atoms with Crippen molar-refractivity contribution in [1.29, 1.82) is 0 Å². The number of rotatable bonds is 7. The summed E-state index contributed by atoms with van der Waals surface area (Å²) in [4.78, 5) is 5.32. The van der Waals surface area contributed by atoms with Crippen LogP contribution in [-0.2, 0) is 0 Å². The number of hydrogen-bond donors (Lipinski definition) is 1. The maximum absolute atomic E-state index is 3.63. The van der Waals surface area contributed by atoms with E-state index in [4.69, 9.17) is 0 Å². The van der Waals surface area contributed by atoms with Crippen molar-refractivity contribution >= 4 is 0 Å². The fourth-order valence-corrected chi connectivity index (χ4v) is 3.29. The first-order valence-corrected chi connectivity index (χ1v) is 7.92. The summed E-state index contributed by atoms with van der Waals surface area (Å²) in [5.41, 5.74) is 0. The van der Waals surface area contributed by atoms with Crippen molar-refractivity contribution in [3.8, 4) is 0 Å². The molecule has 0 aromatic carbocycles. The Morgan fingerprint density at radius 3 is 2.61 bits per heavy atom. The van der Waals surface area contributed by atoms with Gasteiger partial charge >= 0.3 is 0 Å². The largest absolute Gasteiger partial charge is 0.313 e. The molecular formula is C15H31N3. The lowest BCUT2D eigenvalue weighted by Crippen LogP contribution is -2.42. The van der Waals surface area contributed by atoms with Crippen LogP contribution in [0.1, 0.15) is 39.5 Å². The van der Waals surface area contributed by atoms with Gasteiger partial charge in [-0.3, -0.25) is 0 Å². The van der Waals surface area contributed by atoms with E-state index in [9.17, 15) is 0 Å². The summed E-state index contributed by atoms with van der Waals surface area (Å²) >= 11 is 0. The minimum Gasteiger partial charge on any atom is -0.313 e. The molecule has 2 saturated heterocycles. The van der Waals surface area contributed by atoms with Crippen molar-refractivity contribution < 1.29 is 0 Å². The van der Waals surface area contributed by atoms with Gasteiger partial charge in [-0.15, -0.1) is 0 Å². The van der Waals surface area contributed by atoms with E-state index in [0.717, 1.165) is 12.0 Å². The average Bonchev–Trinajstić information content (AvgIpc) is 2.97. The van der Waals surface area contributed by atoms with Gasteiger partial charge in [0.2, 0.25) is 0 Å². The van der Waals surface area contributed by atoms with Gasteiger partial charge in [0.15, 0.2) is 0 Å². The van der Waals surface area contributed by atoms with Gasteiger partial charge in [-0.1, -0.05) is 13.8 Å². The molecule has 3 heteroatoms. The Labute approximate surface area is 113 Å². The first kappa shape index (κ1) is 14.3. The van der Waals surface area contributed by atoms with E-state index < -0.39 is 0 Å². The van der Waals surface area contributed by atoms with Crippen LogP contribution in [0.4, 0.5) is 0 Å². The van der Waals surface area contributed by atoms with Crippen molar-refractivity contribution in [1.82, 2.24) is 15.1 Å². The molecule has 0 spiro atoms. The molecule has 2 heterocycles. The maximum atomic E-state index is 3.63. The molecule has 0 radical (unpaired) electrons. The molecule has 0 aromatic rings. The van der Waals surface area contributed by atoms with E-state index in [1.807, 2.05) is 0 Å². The summed E-state index contributed by atoms with van der Waals surface area (Å²) in [6.45, 7) is 13.6. The molecule has 0 bridgehead atoms. The molecule has 2 aliphatic heterocycles. The van der Waals surface area contributed by atoms with Crippen LogP contribution in [0.2, 0.25) is 0 Å². The Hall–Kier alpha value is -0.120. The minimum atomic E-state index is 0.752. The van der Waals surface area contributed by atoms with E-state index in [1.165, 1.54) is 71.5 Å². The van der Waals surface area contributed by atoms with Gasteiger partial charge in [-0.05, 0) is 51.2 Å². The van der Waals surface area contributed by atoms with Crippen molar-refractivity contribution in [2.75, 3.05) is 45.8 Å². The highest BCUT2D eigenvalue weighted by Gasteiger charge is 2.19. The molecule has 106 valence electrons. The molecule has 1 unspecified atom stereocenters. The summed E-state index contributed by atoms with van der Waals surface area (Å²) < 4.78 is 0. The monoisotopic (exact) mass is 253 g/mol. The quantitative estimate of drug-likeness (QED) is 0.746. The Kier molecular flexibility index (Phi) is 5.93. The van der Waals surface area contributed by atoms with Gasteiger partial charge in [0.1, 0.15) is 0 Å². The van der Waals surface area contributed by atoms with E-state index in [2.05, 4.69) is 29.0 Å². The number of likely N-dealkylation sites (tertiary alicyclic amines) is 1. The van der Waals surface area contributed by atoms with Gasteiger partial charge in [0, 0.05) is 32.2 Å². The zero-order valence-electron chi connectivity index (χ0n) is 12.3. The van der Waals surface area contributed by atoms with Crippen LogP contribution in [0, 0.1) is 5.92 Å². The predicted octanol–water partition coefficient (Wildman–Crippen LogP) is 1.79. The van der Waals surface area contributed by atoms with Gasteiger partial charge in [0.25, 0.3) is 0 Å². The Bertz CT molecular complexity index is 218. The molecule has 2 rings (SSSR count).